The van der Waals surface area contributed by atoms with Crippen molar-refractivity contribution in [1.82, 2.24) is 39.9 Å². The van der Waals surface area contributed by atoms with Crippen LogP contribution in [0, 0.1) is 18.2 Å². The average molecular weight is 811 g/mol. The van der Waals surface area contributed by atoms with Crippen LogP contribution in [0.2, 0.25) is 5.28 Å². The van der Waals surface area contributed by atoms with Crippen molar-refractivity contribution >= 4 is 29.3 Å². The Bertz CT molecular complexity index is 2390. The van der Waals surface area contributed by atoms with Gasteiger partial charge in [-0.3, -0.25) is 19.7 Å². The highest BCUT2D eigenvalue weighted by Gasteiger charge is 2.49. The first-order valence-corrected chi connectivity index (χ1v) is 18.2. The SMILES string of the molecule is NC(=O)c1cc(-c2cnc(NCC3(c4ncccc4F)CC(F)C3)nc2)ccn1.NCC1(c2ncccc2F)CC(F)C1.[C-]#[N+]c1cc(-c2cnc(Cl)nc2)ccn1. The molecular formula is C40H35ClF4N12O. The molecule has 0 aliphatic heterocycles. The number of nitrogens with two attached hydrogens (primary N) is 2. The maximum absolute atomic E-state index is 14.2. The number of hydrogen-bond donors (Lipinski definition) is 3. The summed E-state index contributed by atoms with van der Waals surface area (Å²) in [7, 11) is 0. The van der Waals surface area contributed by atoms with Crippen molar-refractivity contribution in [3.63, 3.8) is 0 Å². The van der Waals surface area contributed by atoms with Crippen LogP contribution in [-0.2, 0) is 10.8 Å². The van der Waals surface area contributed by atoms with Crippen LogP contribution in [0.3, 0.4) is 0 Å². The maximum atomic E-state index is 14.2. The minimum absolute atomic E-state index is 0.148. The van der Waals surface area contributed by atoms with Gasteiger partial charge in [0.2, 0.25) is 11.2 Å². The number of hydrogen-bond acceptors (Lipinski definition) is 11. The molecule has 0 saturated heterocycles. The summed E-state index contributed by atoms with van der Waals surface area (Å²) in [6.45, 7) is 7.36. The number of nitrogens with zero attached hydrogens (tertiary/aromatic N) is 9. The molecule has 5 N–H and O–H groups in total. The highest BCUT2D eigenvalue weighted by atomic mass is 35.5. The molecule has 2 aliphatic carbocycles. The van der Waals surface area contributed by atoms with Gasteiger partial charge in [0.25, 0.3) is 11.7 Å². The zero-order chi connectivity index (χ0) is 41.3. The van der Waals surface area contributed by atoms with Crippen molar-refractivity contribution in [2.24, 2.45) is 11.5 Å². The van der Waals surface area contributed by atoms with E-state index in [1.165, 1.54) is 42.9 Å². The number of alkyl halides is 2. The van der Waals surface area contributed by atoms with Gasteiger partial charge >= 0.3 is 0 Å². The Morgan fingerprint density at radius 2 is 1.26 bits per heavy atom. The Hall–Kier alpha value is -6.51. The molecule has 0 radical (unpaired) electrons. The number of anilines is 1. The Kier molecular flexibility index (Phi) is 12.9. The van der Waals surface area contributed by atoms with Crippen molar-refractivity contribution in [3.05, 3.63) is 144 Å². The van der Waals surface area contributed by atoms with Gasteiger partial charge in [0.15, 0.2) is 0 Å². The highest BCUT2D eigenvalue weighted by Crippen LogP contribution is 2.46. The molecule has 296 valence electrons. The van der Waals surface area contributed by atoms with Crippen LogP contribution < -0.4 is 16.8 Å². The van der Waals surface area contributed by atoms with Gasteiger partial charge in [0.05, 0.1) is 11.4 Å². The van der Waals surface area contributed by atoms with Gasteiger partial charge in [-0.1, -0.05) is 6.57 Å². The summed E-state index contributed by atoms with van der Waals surface area (Å²) in [5.41, 5.74) is 13.3. The minimum Gasteiger partial charge on any atom is -0.364 e. The van der Waals surface area contributed by atoms with Gasteiger partial charge in [-0.15, -0.1) is 4.98 Å². The summed E-state index contributed by atoms with van der Waals surface area (Å²) in [4.78, 5) is 46.6. The summed E-state index contributed by atoms with van der Waals surface area (Å²) in [6.07, 6.45) is 11.6. The Morgan fingerprint density at radius 3 is 1.78 bits per heavy atom. The molecular weight excluding hydrogens is 776 g/mol. The monoisotopic (exact) mass is 810 g/mol. The quantitative estimate of drug-likeness (QED) is 0.0779. The number of halogens is 5. The molecule has 0 atom stereocenters. The summed E-state index contributed by atoms with van der Waals surface area (Å²) >= 11 is 5.57. The fraction of sp³-hybridized carbons (Fsp3) is 0.250. The lowest BCUT2D eigenvalue weighted by Crippen LogP contribution is -2.49. The molecule has 0 spiro atoms. The average Bonchev–Trinajstić information content (AvgIpc) is 3.22. The standard InChI is InChI=1S/C20H18F2N6O.C10H5ClN4.C10H12F2N2/c21-14-7-20(8-14,17-15(22)2-1-4-25-17)11-28-19-26-9-13(10-27-19)12-3-5-24-16(6-12)18(23)29;1-12-9-4-7(2-3-13-9)8-5-14-10(11)15-6-8;11-7-4-10(5-7,6-13)9-8(12)2-1-3-14-9/h1-6,9-10,14H,7-8,11H2,(H2,23,29)(H,26,27,28);2-6H;1-3,7H,4-6,13H2. The van der Waals surface area contributed by atoms with E-state index in [-0.39, 0.29) is 61.3 Å². The van der Waals surface area contributed by atoms with Gasteiger partial charge in [-0.05, 0) is 96.9 Å². The molecule has 2 aliphatic rings. The van der Waals surface area contributed by atoms with Gasteiger partial charge in [-0.2, -0.15) is 0 Å². The molecule has 1 amide bonds. The summed E-state index contributed by atoms with van der Waals surface area (Å²) in [5.74, 6) is -0.770. The second kappa shape index (κ2) is 18.2. The number of amides is 1. The molecule has 58 heavy (non-hydrogen) atoms. The third kappa shape index (κ3) is 9.53. The van der Waals surface area contributed by atoms with Crippen LogP contribution in [0.5, 0.6) is 0 Å². The predicted molar refractivity (Wildman–Crippen MR) is 208 cm³/mol. The number of pyridine rings is 4. The lowest BCUT2D eigenvalue weighted by atomic mass is 9.65. The minimum atomic E-state index is -0.979. The smallest absolute Gasteiger partial charge is 0.270 e. The zero-order valence-corrected chi connectivity index (χ0v) is 31.4. The van der Waals surface area contributed by atoms with Crippen LogP contribution in [0.1, 0.15) is 47.6 Å². The Morgan fingerprint density at radius 1 is 0.741 bits per heavy atom. The molecule has 6 aromatic rings. The van der Waals surface area contributed by atoms with Crippen molar-refractivity contribution in [3.8, 4) is 22.3 Å². The molecule has 8 rings (SSSR count). The first-order valence-electron chi connectivity index (χ1n) is 17.8. The van der Waals surface area contributed by atoms with Crippen molar-refractivity contribution in [2.45, 2.75) is 48.9 Å². The first-order chi connectivity index (χ1) is 27.9. The largest absolute Gasteiger partial charge is 0.364 e. The number of aromatic nitrogens is 8. The van der Waals surface area contributed by atoms with Gasteiger partial charge < -0.3 is 21.6 Å². The van der Waals surface area contributed by atoms with Crippen LogP contribution >= 0.6 is 11.6 Å². The summed E-state index contributed by atoms with van der Waals surface area (Å²) in [6, 6.07) is 12.4. The van der Waals surface area contributed by atoms with E-state index in [1.807, 2.05) is 0 Å². The number of carbonyl (C=O) groups excluding carboxylic acids is 1. The van der Waals surface area contributed by atoms with Crippen LogP contribution in [0.15, 0.2) is 98.1 Å². The van der Waals surface area contributed by atoms with Crippen LogP contribution in [-0.4, -0.2) is 71.2 Å². The molecule has 6 heterocycles. The third-order valence-electron chi connectivity index (χ3n) is 9.76. The fourth-order valence-corrected chi connectivity index (χ4v) is 6.79. The summed E-state index contributed by atoms with van der Waals surface area (Å²) < 4.78 is 54.0. The molecule has 13 nitrogen and oxygen atoms in total. The normalized spacial score (nSPS) is 20.4. The molecule has 6 aromatic heterocycles. The number of carbonyl (C=O) groups is 1. The van der Waals surface area contributed by atoms with Crippen molar-refractivity contribution in [2.75, 3.05) is 18.4 Å². The maximum Gasteiger partial charge on any atom is 0.270 e. The molecule has 2 saturated carbocycles. The van der Waals surface area contributed by atoms with E-state index in [2.05, 4.69) is 50.0 Å². The Balaban J connectivity index is 0.000000163. The number of primary amides is 1. The molecule has 0 bridgehead atoms. The van der Waals surface area contributed by atoms with Gasteiger partial charge in [0.1, 0.15) is 35.9 Å². The zero-order valence-electron chi connectivity index (χ0n) is 30.6. The van der Waals surface area contributed by atoms with Crippen LogP contribution in [0.4, 0.5) is 29.3 Å². The van der Waals surface area contributed by atoms with Gasteiger partial charge in [0, 0.05) is 78.4 Å². The lowest BCUT2D eigenvalue weighted by molar-refractivity contribution is 0.0931. The fourth-order valence-electron chi connectivity index (χ4n) is 6.69. The van der Waals surface area contributed by atoms with E-state index >= 15 is 0 Å². The van der Waals surface area contributed by atoms with E-state index in [1.54, 1.807) is 55.2 Å². The number of rotatable bonds is 9. The van der Waals surface area contributed by atoms with Gasteiger partial charge in [-0.25, -0.2) is 37.5 Å². The molecule has 18 heteroatoms. The topological polar surface area (TPSA) is 189 Å². The molecule has 0 unspecified atom stereocenters. The second-order valence-corrected chi connectivity index (χ2v) is 14.0. The third-order valence-corrected chi connectivity index (χ3v) is 9.95. The Labute approximate surface area is 335 Å². The highest BCUT2D eigenvalue weighted by molar-refractivity contribution is 6.28. The predicted octanol–water partition coefficient (Wildman–Crippen LogP) is 6.95. The lowest BCUT2D eigenvalue weighted by Gasteiger charge is -2.43. The van der Waals surface area contributed by atoms with E-state index in [0.717, 1.165) is 11.1 Å². The van der Waals surface area contributed by atoms with Crippen molar-refractivity contribution in [1.29, 1.82) is 0 Å². The van der Waals surface area contributed by atoms with Crippen molar-refractivity contribution < 1.29 is 22.4 Å². The van der Waals surface area contributed by atoms with E-state index in [4.69, 9.17) is 29.6 Å². The second-order valence-electron chi connectivity index (χ2n) is 13.6. The van der Waals surface area contributed by atoms with E-state index < -0.39 is 34.9 Å². The molecule has 0 aromatic carbocycles. The van der Waals surface area contributed by atoms with Crippen LogP contribution in [0.25, 0.3) is 27.1 Å². The molecule has 2 fully saturated rings. The van der Waals surface area contributed by atoms with E-state index in [9.17, 15) is 22.4 Å². The first kappa shape index (κ1) is 41.1. The van der Waals surface area contributed by atoms with E-state index in [0.29, 0.717) is 28.6 Å². The summed E-state index contributed by atoms with van der Waals surface area (Å²) in [5, 5.41) is 3.27. The number of nitrogens with one attached hydrogen (secondary N) is 1.